The zero-order valence-electron chi connectivity index (χ0n) is 8.38. The van der Waals surface area contributed by atoms with Crippen LogP contribution < -0.4 is 5.32 Å². The van der Waals surface area contributed by atoms with Gasteiger partial charge in [-0.2, -0.15) is 0 Å². The Kier molecular flexibility index (Phi) is 3.96. The third-order valence-corrected chi connectivity index (χ3v) is 1.63. The van der Waals surface area contributed by atoms with Gasteiger partial charge < -0.3 is 15.3 Å². The Bertz CT molecular complexity index is 413. The van der Waals surface area contributed by atoms with Crippen molar-refractivity contribution in [2.24, 2.45) is 5.16 Å². The molecule has 16 heavy (non-hydrogen) atoms. The number of carboxylic acids is 1. The maximum Gasteiger partial charge on any atom is 0.358 e. The molecule has 0 fully saturated rings. The summed E-state index contributed by atoms with van der Waals surface area (Å²) < 4.78 is 0. The normalized spacial score (nSPS) is 10.7. The maximum absolute atomic E-state index is 10.8. The Labute approximate surface area is 90.7 Å². The van der Waals surface area contributed by atoms with Crippen LogP contribution in [-0.4, -0.2) is 35.3 Å². The van der Waals surface area contributed by atoms with Gasteiger partial charge in [-0.25, -0.2) is 9.78 Å². The van der Waals surface area contributed by atoms with Gasteiger partial charge in [-0.3, -0.25) is 4.79 Å². The van der Waals surface area contributed by atoms with Crippen molar-refractivity contribution in [1.82, 2.24) is 4.98 Å². The fraction of sp³-hybridized carbons (Fsp3) is 0.111. The first-order chi connectivity index (χ1) is 7.69. The summed E-state index contributed by atoms with van der Waals surface area (Å²) in [5.41, 5.74) is 0.0263. The van der Waals surface area contributed by atoms with Gasteiger partial charge >= 0.3 is 5.97 Å². The molecular formula is C9H9N3O4. The number of anilines is 1. The van der Waals surface area contributed by atoms with E-state index in [-0.39, 0.29) is 11.3 Å². The summed E-state index contributed by atoms with van der Waals surface area (Å²) in [4.78, 5) is 29.1. The predicted molar refractivity (Wildman–Crippen MR) is 55.1 cm³/mol. The summed E-state index contributed by atoms with van der Waals surface area (Å²) in [5, 5.41) is 14.5. The van der Waals surface area contributed by atoms with Crippen molar-refractivity contribution in [3.05, 3.63) is 23.9 Å². The fourth-order valence-electron chi connectivity index (χ4n) is 0.986. The Morgan fingerprint density at radius 3 is 2.81 bits per heavy atom. The molecule has 0 aliphatic carbocycles. The molecule has 1 heterocycles. The number of carbonyl (C=O) groups is 2. The van der Waals surface area contributed by atoms with Crippen LogP contribution in [0.2, 0.25) is 0 Å². The molecule has 1 rings (SSSR count). The van der Waals surface area contributed by atoms with Crippen LogP contribution in [0.1, 0.15) is 5.56 Å². The van der Waals surface area contributed by atoms with Crippen molar-refractivity contribution in [3.8, 4) is 0 Å². The molecule has 7 nitrogen and oxygen atoms in total. The number of pyridine rings is 1. The van der Waals surface area contributed by atoms with Crippen LogP contribution in [0.15, 0.2) is 23.5 Å². The van der Waals surface area contributed by atoms with E-state index in [2.05, 4.69) is 20.3 Å². The van der Waals surface area contributed by atoms with Gasteiger partial charge in [0.25, 0.3) is 0 Å². The zero-order valence-corrected chi connectivity index (χ0v) is 8.38. The lowest BCUT2D eigenvalue weighted by Gasteiger charge is -2.01. The van der Waals surface area contributed by atoms with Crippen LogP contribution in [0.3, 0.4) is 0 Å². The molecule has 0 aliphatic heterocycles. The third kappa shape index (κ3) is 2.77. The summed E-state index contributed by atoms with van der Waals surface area (Å²) in [5.74, 6) is -0.902. The first-order valence-corrected chi connectivity index (χ1v) is 4.20. The van der Waals surface area contributed by atoms with E-state index in [0.29, 0.717) is 12.2 Å². The second-order valence-corrected chi connectivity index (χ2v) is 2.62. The first kappa shape index (κ1) is 11.6. The van der Waals surface area contributed by atoms with E-state index in [1.54, 1.807) is 0 Å². The van der Waals surface area contributed by atoms with Crippen molar-refractivity contribution in [2.75, 3.05) is 12.4 Å². The number of aliphatic carboxylic acids is 1. The van der Waals surface area contributed by atoms with E-state index in [4.69, 9.17) is 5.11 Å². The standard InChI is InChI=1S/C9H9N3O4/c1-16-12-8(9(14)15)6-2-3-7(10-4-6)11-5-13/h2-5H,1H3,(H,14,15)(H,10,11,13)/b12-8-. The van der Waals surface area contributed by atoms with Crippen LogP contribution in [0, 0.1) is 0 Å². The second-order valence-electron chi connectivity index (χ2n) is 2.62. The Morgan fingerprint density at radius 2 is 2.38 bits per heavy atom. The van der Waals surface area contributed by atoms with E-state index >= 15 is 0 Å². The molecule has 1 aromatic heterocycles. The van der Waals surface area contributed by atoms with E-state index in [1.807, 2.05) is 0 Å². The van der Waals surface area contributed by atoms with Crippen LogP contribution >= 0.6 is 0 Å². The Hall–Kier alpha value is -2.44. The highest BCUT2D eigenvalue weighted by atomic mass is 16.6. The molecule has 0 saturated heterocycles. The quantitative estimate of drug-likeness (QED) is 0.418. The molecule has 84 valence electrons. The molecule has 1 amide bonds. The Balaban J connectivity index is 2.99. The van der Waals surface area contributed by atoms with Crippen LogP contribution in [0.5, 0.6) is 0 Å². The van der Waals surface area contributed by atoms with Gasteiger partial charge in [0, 0.05) is 11.8 Å². The lowest BCUT2D eigenvalue weighted by atomic mass is 10.2. The number of hydrogen-bond donors (Lipinski definition) is 2. The molecule has 1 aromatic rings. The van der Waals surface area contributed by atoms with Gasteiger partial charge in [-0.05, 0) is 12.1 Å². The summed E-state index contributed by atoms with van der Waals surface area (Å²) in [6.45, 7) is 0. The number of aromatic nitrogens is 1. The third-order valence-electron chi connectivity index (χ3n) is 1.63. The van der Waals surface area contributed by atoms with Crippen molar-refractivity contribution in [2.45, 2.75) is 0 Å². The molecule has 0 bridgehead atoms. The number of carboxylic acid groups (broad SMARTS) is 1. The largest absolute Gasteiger partial charge is 0.476 e. The number of hydrogen-bond acceptors (Lipinski definition) is 5. The van der Waals surface area contributed by atoms with Crippen LogP contribution in [-0.2, 0) is 14.4 Å². The smallest absolute Gasteiger partial charge is 0.358 e. The zero-order chi connectivity index (χ0) is 12.0. The molecule has 7 heteroatoms. The summed E-state index contributed by atoms with van der Waals surface area (Å²) in [7, 11) is 1.25. The minimum Gasteiger partial charge on any atom is -0.476 e. The lowest BCUT2D eigenvalue weighted by molar-refractivity contribution is -0.129. The van der Waals surface area contributed by atoms with Gasteiger partial charge in [0.15, 0.2) is 5.71 Å². The highest BCUT2D eigenvalue weighted by Gasteiger charge is 2.13. The van der Waals surface area contributed by atoms with Crippen molar-refractivity contribution >= 4 is 23.9 Å². The molecule has 0 saturated carbocycles. The average molecular weight is 223 g/mol. The van der Waals surface area contributed by atoms with Crippen molar-refractivity contribution < 1.29 is 19.5 Å². The fourth-order valence-corrected chi connectivity index (χ4v) is 0.986. The highest BCUT2D eigenvalue weighted by Crippen LogP contribution is 2.06. The van der Waals surface area contributed by atoms with Gasteiger partial charge in [0.1, 0.15) is 12.9 Å². The first-order valence-electron chi connectivity index (χ1n) is 4.20. The number of oxime groups is 1. The highest BCUT2D eigenvalue weighted by molar-refractivity contribution is 6.42. The topological polar surface area (TPSA) is 101 Å². The second kappa shape index (κ2) is 5.44. The maximum atomic E-state index is 10.8. The minimum atomic E-state index is -1.22. The van der Waals surface area contributed by atoms with Crippen molar-refractivity contribution in [3.63, 3.8) is 0 Å². The SMILES string of the molecule is CO/N=C(\C(=O)O)c1ccc(NC=O)nc1. The van der Waals surface area contributed by atoms with Gasteiger partial charge in [0.2, 0.25) is 6.41 Å². The van der Waals surface area contributed by atoms with Gasteiger partial charge in [-0.1, -0.05) is 5.16 Å². The average Bonchev–Trinajstić information content (AvgIpc) is 2.27. The van der Waals surface area contributed by atoms with E-state index in [0.717, 1.165) is 0 Å². The Morgan fingerprint density at radius 1 is 1.62 bits per heavy atom. The lowest BCUT2D eigenvalue weighted by Crippen LogP contribution is -2.15. The summed E-state index contributed by atoms with van der Waals surface area (Å²) in [6, 6.07) is 2.92. The molecule has 0 spiro atoms. The molecule has 0 aliphatic rings. The molecule has 0 aromatic carbocycles. The van der Waals surface area contributed by atoms with E-state index in [1.165, 1.54) is 25.4 Å². The number of amides is 1. The van der Waals surface area contributed by atoms with Crippen LogP contribution in [0.25, 0.3) is 0 Å². The molecule has 0 unspecified atom stereocenters. The van der Waals surface area contributed by atoms with Crippen molar-refractivity contribution in [1.29, 1.82) is 0 Å². The number of rotatable bonds is 5. The number of carbonyl (C=O) groups excluding carboxylic acids is 1. The minimum absolute atomic E-state index is 0.257. The predicted octanol–water partition coefficient (Wildman–Crippen LogP) is 0.0850. The van der Waals surface area contributed by atoms with Crippen LogP contribution in [0.4, 0.5) is 5.82 Å². The molecule has 0 atom stereocenters. The number of nitrogens with one attached hydrogen (secondary N) is 1. The van der Waals surface area contributed by atoms with E-state index < -0.39 is 5.97 Å². The number of nitrogens with zero attached hydrogens (tertiary/aromatic N) is 2. The monoisotopic (exact) mass is 223 g/mol. The van der Waals surface area contributed by atoms with Gasteiger partial charge in [-0.15, -0.1) is 0 Å². The summed E-state index contributed by atoms with van der Waals surface area (Å²) >= 11 is 0. The van der Waals surface area contributed by atoms with E-state index in [9.17, 15) is 9.59 Å². The summed E-state index contributed by atoms with van der Waals surface area (Å²) in [6.07, 6.45) is 1.75. The van der Waals surface area contributed by atoms with Gasteiger partial charge in [0.05, 0.1) is 0 Å². The molecular weight excluding hydrogens is 214 g/mol. The molecule has 2 N–H and O–H groups in total. The molecule has 0 radical (unpaired) electrons.